The fourth-order valence-corrected chi connectivity index (χ4v) is 3.24. The highest BCUT2D eigenvalue weighted by molar-refractivity contribution is 5.92. The quantitative estimate of drug-likeness (QED) is 0.524. The van der Waals surface area contributed by atoms with E-state index >= 15 is 0 Å². The largest absolute Gasteiger partial charge is 0.444 e. The second-order valence-corrected chi connectivity index (χ2v) is 8.52. The van der Waals surface area contributed by atoms with Crippen molar-refractivity contribution in [1.82, 2.24) is 15.5 Å². The molecule has 0 aliphatic rings. The van der Waals surface area contributed by atoms with Crippen LogP contribution in [0.25, 0.3) is 0 Å². The Morgan fingerprint density at radius 2 is 1.71 bits per heavy atom. The molecule has 3 N–H and O–H groups in total. The third-order valence-corrected chi connectivity index (χ3v) is 4.58. The molecule has 0 fully saturated rings. The maximum absolute atomic E-state index is 13.3. The molecule has 1 aromatic carbocycles. The number of ether oxygens (including phenoxy) is 1. The van der Waals surface area contributed by atoms with Gasteiger partial charge in [-0.25, -0.2) is 4.79 Å². The fraction of sp³-hybridized carbons (Fsp3) is 0.609. The minimum atomic E-state index is -1.23. The molecule has 0 spiro atoms. The van der Waals surface area contributed by atoms with Crippen molar-refractivity contribution in [2.45, 2.75) is 78.1 Å². The van der Waals surface area contributed by atoms with Gasteiger partial charge in [-0.15, -0.1) is 0 Å². The number of benzene rings is 1. The highest BCUT2D eigenvalue weighted by Gasteiger charge is 2.35. The number of rotatable bonds is 10. The standard InChI is InChI=1S/C23H37N3O5/c1-7-12-16(3)24-20(28)19(17-13-10-9-11-14-17)26(8-2)21(29)18(15-27)25-22(30)31-23(4,5)6/h9-11,13-14,16,18-19,27H,7-8,12,15H2,1-6H3,(H,24,28)(H,25,30). The van der Waals surface area contributed by atoms with Crippen LogP contribution in [0.4, 0.5) is 4.79 Å². The van der Waals surface area contributed by atoms with Gasteiger partial charge in [-0.3, -0.25) is 9.59 Å². The Bertz CT molecular complexity index is 718. The molecule has 174 valence electrons. The first-order valence-corrected chi connectivity index (χ1v) is 10.8. The summed E-state index contributed by atoms with van der Waals surface area (Å²) in [6.45, 7) is 10.4. The molecule has 1 rings (SSSR count). The summed E-state index contributed by atoms with van der Waals surface area (Å²) in [7, 11) is 0. The van der Waals surface area contributed by atoms with Gasteiger partial charge in [0.05, 0.1) is 6.61 Å². The molecule has 0 saturated carbocycles. The molecule has 3 amide bonds. The number of hydrogen-bond donors (Lipinski definition) is 3. The van der Waals surface area contributed by atoms with Gasteiger partial charge in [0.25, 0.3) is 0 Å². The Morgan fingerprint density at radius 3 is 2.19 bits per heavy atom. The van der Waals surface area contributed by atoms with Crippen molar-refractivity contribution in [2.75, 3.05) is 13.2 Å². The van der Waals surface area contributed by atoms with Crippen LogP contribution in [0.3, 0.4) is 0 Å². The molecule has 0 saturated heterocycles. The number of nitrogens with zero attached hydrogens (tertiary/aromatic N) is 1. The summed E-state index contributed by atoms with van der Waals surface area (Å²) in [5, 5.41) is 15.2. The van der Waals surface area contributed by atoms with Gasteiger partial charge in [-0.05, 0) is 46.6 Å². The third-order valence-electron chi connectivity index (χ3n) is 4.58. The lowest BCUT2D eigenvalue weighted by atomic mass is 10.0. The minimum absolute atomic E-state index is 0.0500. The van der Waals surface area contributed by atoms with Gasteiger partial charge in [0, 0.05) is 12.6 Å². The van der Waals surface area contributed by atoms with Crippen molar-refractivity contribution in [1.29, 1.82) is 0 Å². The summed E-state index contributed by atoms with van der Waals surface area (Å²) in [6, 6.07) is 6.80. The minimum Gasteiger partial charge on any atom is -0.444 e. The highest BCUT2D eigenvalue weighted by Crippen LogP contribution is 2.22. The summed E-state index contributed by atoms with van der Waals surface area (Å²) in [5.74, 6) is -0.876. The van der Waals surface area contributed by atoms with E-state index in [-0.39, 0.29) is 18.5 Å². The maximum atomic E-state index is 13.3. The molecule has 0 aromatic heterocycles. The molecule has 3 unspecified atom stereocenters. The lowest BCUT2D eigenvalue weighted by Gasteiger charge is -2.33. The smallest absolute Gasteiger partial charge is 0.408 e. The molecule has 0 heterocycles. The van der Waals surface area contributed by atoms with Crippen molar-refractivity contribution in [3.05, 3.63) is 35.9 Å². The second-order valence-electron chi connectivity index (χ2n) is 8.52. The van der Waals surface area contributed by atoms with Gasteiger partial charge < -0.3 is 25.4 Å². The first-order chi connectivity index (χ1) is 14.5. The monoisotopic (exact) mass is 435 g/mol. The molecule has 0 aliphatic carbocycles. The molecule has 1 aromatic rings. The van der Waals surface area contributed by atoms with Gasteiger partial charge in [0.2, 0.25) is 11.8 Å². The molecule has 31 heavy (non-hydrogen) atoms. The number of aliphatic hydroxyl groups excluding tert-OH is 1. The molecule has 3 atom stereocenters. The molecule has 0 radical (unpaired) electrons. The number of hydrogen-bond acceptors (Lipinski definition) is 5. The number of likely N-dealkylation sites (N-methyl/N-ethyl adjacent to an activating group) is 1. The summed E-state index contributed by atoms with van der Waals surface area (Å²) in [5.41, 5.74) is -0.104. The Labute approximate surface area is 185 Å². The van der Waals surface area contributed by atoms with E-state index < -0.39 is 36.3 Å². The summed E-state index contributed by atoms with van der Waals surface area (Å²) in [4.78, 5) is 39.9. The van der Waals surface area contributed by atoms with Crippen LogP contribution in [-0.2, 0) is 14.3 Å². The molecule has 8 heteroatoms. The van der Waals surface area contributed by atoms with Crippen LogP contribution in [0.1, 0.15) is 66.0 Å². The summed E-state index contributed by atoms with van der Waals surface area (Å²) < 4.78 is 5.19. The van der Waals surface area contributed by atoms with E-state index in [0.29, 0.717) is 5.56 Å². The van der Waals surface area contributed by atoms with Crippen molar-refractivity contribution in [3.8, 4) is 0 Å². The van der Waals surface area contributed by atoms with Crippen LogP contribution in [0, 0.1) is 0 Å². The number of amides is 3. The molecule has 8 nitrogen and oxygen atoms in total. The lowest BCUT2D eigenvalue weighted by Crippen LogP contribution is -2.54. The normalized spacial score (nSPS) is 14.2. The Kier molecular flexibility index (Phi) is 10.5. The van der Waals surface area contributed by atoms with Crippen LogP contribution in [0.5, 0.6) is 0 Å². The maximum Gasteiger partial charge on any atom is 0.408 e. The van der Waals surface area contributed by atoms with E-state index in [4.69, 9.17) is 4.74 Å². The van der Waals surface area contributed by atoms with E-state index in [0.717, 1.165) is 12.8 Å². The molecular formula is C23H37N3O5. The lowest BCUT2D eigenvalue weighted by molar-refractivity contribution is -0.143. The van der Waals surface area contributed by atoms with Gasteiger partial charge in [0.1, 0.15) is 17.7 Å². The second kappa shape index (κ2) is 12.3. The summed E-state index contributed by atoms with van der Waals surface area (Å²) >= 11 is 0. The van der Waals surface area contributed by atoms with Crippen LogP contribution < -0.4 is 10.6 Å². The first-order valence-electron chi connectivity index (χ1n) is 10.8. The molecule has 0 aliphatic heterocycles. The third kappa shape index (κ3) is 8.57. The van der Waals surface area contributed by atoms with Crippen molar-refractivity contribution >= 4 is 17.9 Å². The molecule has 0 bridgehead atoms. The van der Waals surface area contributed by atoms with Gasteiger partial charge in [-0.1, -0.05) is 43.7 Å². The van der Waals surface area contributed by atoms with Gasteiger partial charge in [-0.2, -0.15) is 0 Å². The van der Waals surface area contributed by atoms with Gasteiger partial charge in [0.15, 0.2) is 0 Å². The van der Waals surface area contributed by atoms with Crippen LogP contribution >= 0.6 is 0 Å². The fourth-order valence-electron chi connectivity index (χ4n) is 3.24. The number of nitrogens with one attached hydrogen (secondary N) is 2. The van der Waals surface area contributed by atoms with Crippen molar-refractivity contribution in [3.63, 3.8) is 0 Å². The average Bonchev–Trinajstić information content (AvgIpc) is 2.68. The van der Waals surface area contributed by atoms with Crippen LogP contribution in [-0.4, -0.2) is 58.8 Å². The zero-order valence-electron chi connectivity index (χ0n) is 19.5. The number of carbonyl (C=O) groups is 3. The topological polar surface area (TPSA) is 108 Å². The zero-order chi connectivity index (χ0) is 23.6. The van der Waals surface area contributed by atoms with Gasteiger partial charge >= 0.3 is 6.09 Å². The van der Waals surface area contributed by atoms with E-state index in [1.54, 1.807) is 52.0 Å². The van der Waals surface area contributed by atoms with Crippen LogP contribution in [0.15, 0.2) is 30.3 Å². The van der Waals surface area contributed by atoms with E-state index in [9.17, 15) is 19.5 Å². The Balaban J connectivity index is 3.16. The number of alkyl carbamates (subject to hydrolysis) is 1. The molecular weight excluding hydrogens is 398 g/mol. The predicted octanol–water partition coefficient (Wildman–Crippen LogP) is 2.77. The highest BCUT2D eigenvalue weighted by atomic mass is 16.6. The van der Waals surface area contributed by atoms with E-state index in [1.165, 1.54) is 4.90 Å². The first kappa shape index (κ1) is 26.4. The van der Waals surface area contributed by atoms with E-state index in [1.807, 2.05) is 19.9 Å². The van der Waals surface area contributed by atoms with Crippen molar-refractivity contribution < 1.29 is 24.2 Å². The SMILES string of the molecule is CCCC(C)NC(=O)C(c1ccccc1)N(CC)C(=O)C(CO)NC(=O)OC(C)(C)C. The predicted molar refractivity (Wildman–Crippen MR) is 119 cm³/mol. The average molecular weight is 436 g/mol. The van der Waals surface area contributed by atoms with Crippen molar-refractivity contribution in [2.24, 2.45) is 0 Å². The zero-order valence-corrected chi connectivity index (χ0v) is 19.5. The number of aliphatic hydroxyl groups is 1. The van der Waals surface area contributed by atoms with Crippen LogP contribution in [0.2, 0.25) is 0 Å². The number of carbonyl (C=O) groups excluding carboxylic acids is 3. The van der Waals surface area contributed by atoms with E-state index in [2.05, 4.69) is 10.6 Å². The summed E-state index contributed by atoms with van der Waals surface area (Å²) in [6.07, 6.45) is 0.917. The Hall–Kier alpha value is -2.61. The Morgan fingerprint density at radius 1 is 1.10 bits per heavy atom.